The van der Waals surface area contributed by atoms with Crippen LogP contribution in [-0.4, -0.2) is 18.2 Å². The summed E-state index contributed by atoms with van der Waals surface area (Å²) in [5.74, 6) is -1.07. The fraction of sp³-hybridized carbons (Fsp3) is 0.238. The van der Waals surface area contributed by atoms with E-state index in [0.29, 0.717) is 22.8 Å². The van der Waals surface area contributed by atoms with Crippen molar-refractivity contribution >= 4 is 40.6 Å². The van der Waals surface area contributed by atoms with Gasteiger partial charge in [0.05, 0.1) is 18.7 Å². The van der Waals surface area contributed by atoms with E-state index in [0.717, 1.165) is 12.1 Å². The van der Waals surface area contributed by atoms with Gasteiger partial charge in [-0.25, -0.2) is 9.18 Å². The first-order chi connectivity index (χ1) is 13.5. The maximum Gasteiger partial charge on any atom is 0.338 e. The molecule has 0 aliphatic carbocycles. The first kappa shape index (κ1) is 20.3. The van der Waals surface area contributed by atoms with Gasteiger partial charge in [-0.05, 0) is 42.9 Å². The van der Waals surface area contributed by atoms with Gasteiger partial charge in [-0.3, -0.25) is 4.90 Å². The summed E-state index contributed by atoms with van der Waals surface area (Å²) < 4.78 is 19.7. The maximum atomic E-state index is 14.7. The summed E-state index contributed by atoms with van der Waals surface area (Å²) >= 11 is 11.9. The number of esters is 1. The number of para-hydroxylation sites is 1. The number of benzene rings is 2. The molecule has 1 aliphatic heterocycles. The van der Waals surface area contributed by atoms with Crippen LogP contribution in [0.1, 0.15) is 31.4 Å². The number of hydrogen-bond donors (Lipinski definition) is 1. The Morgan fingerprint density at radius 2 is 1.96 bits per heavy atom. The molecule has 0 saturated carbocycles. The van der Waals surface area contributed by atoms with E-state index >= 15 is 0 Å². The Morgan fingerprint density at radius 1 is 1.25 bits per heavy atom. The van der Waals surface area contributed by atoms with E-state index in [4.69, 9.17) is 28.6 Å². The molecule has 0 fully saturated rings. The Labute approximate surface area is 173 Å². The average Bonchev–Trinajstić information content (AvgIpc) is 2.68. The van der Waals surface area contributed by atoms with Crippen molar-refractivity contribution in [1.29, 1.82) is 0 Å². The third-order valence-corrected chi connectivity index (χ3v) is 5.17. The van der Waals surface area contributed by atoms with Crippen molar-refractivity contribution in [2.24, 2.45) is 0 Å². The molecule has 2 aromatic carbocycles. The number of hydrogen-bond acceptors (Lipinski definition) is 3. The van der Waals surface area contributed by atoms with Crippen LogP contribution in [0.3, 0.4) is 0 Å². The zero-order valence-corrected chi connectivity index (χ0v) is 17.1. The Balaban J connectivity index is 2.27. The quantitative estimate of drug-likeness (QED) is 0.537. The normalized spacial score (nSPS) is 16.8. The number of methoxy groups -OCH3 is 1. The van der Waals surface area contributed by atoms with Crippen LogP contribution in [0.4, 0.5) is 10.1 Å². The summed E-state index contributed by atoms with van der Waals surface area (Å²) in [7, 11) is 1.30. The minimum atomic E-state index is -0.838. The molecule has 28 heavy (non-hydrogen) atoms. The van der Waals surface area contributed by atoms with E-state index < -0.39 is 17.8 Å². The molecule has 0 amide bonds. The minimum Gasteiger partial charge on any atom is -0.466 e. The van der Waals surface area contributed by atoms with Gasteiger partial charge in [0, 0.05) is 22.0 Å². The van der Waals surface area contributed by atoms with Crippen molar-refractivity contribution in [3.63, 3.8) is 0 Å². The summed E-state index contributed by atoms with van der Waals surface area (Å²) in [6.45, 7) is 2.00. The highest BCUT2D eigenvalue weighted by atomic mass is 35.5. The van der Waals surface area contributed by atoms with Gasteiger partial charge in [0.15, 0.2) is 5.11 Å². The molecule has 1 heterocycles. The topological polar surface area (TPSA) is 41.6 Å². The van der Waals surface area contributed by atoms with Gasteiger partial charge in [-0.15, -0.1) is 0 Å². The number of carbonyl (C=O) groups excluding carboxylic acids is 1. The number of anilines is 1. The van der Waals surface area contributed by atoms with Crippen LogP contribution in [0, 0.1) is 5.82 Å². The predicted octanol–water partition coefficient (Wildman–Crippen LogP) is 5.14. The lowest BCUT2D eigenvalue weighted by molar-refractivity contribution is -0.136. The minimum absolute atomic E-state index is 0.174. The van der Waals surface area contributed by atoms with E-state index in [1.807, 2.05) is 37.3 Å². The van der Waals surface area contributed by atoms with Gasteiger partial charge in [-0.1, -0.05) is 49.2 Å². The summed E-state index contributed by atoms with van der Waals surface area (Å²) in [4.78, 5) is 14.6. The third kappa shape index (κ3) is 3.75. The van der Waals surface area contributed by atoms with Crippen LogP contribution in [-0.2, 0) is 9.53 Å². The summed E-state index contributed by atoms with van der Waals surface area (Å²) in [5.41, 5.74) is 1.96. The standard InChI is InChI=1S/C21H20ClFN2O2S/c1-3-8-16-18(20(26)27-2)19(17-14(22)11-7-12-15(17)23)24-21(28)25(16)13-9-5-4-6-10-13/h4-7,9-12,19H,3,8H2,1-2H3,(H,24,28)/t19-/m0/s1. The highest BCUT2D eigenvalue weighted by Crippen LogP contribution is 2.39. The van der Waals surface area contributed by atoms with Gasteiger partial charge in [0.25, 0.3) is 0 Å². The Bertz CT molecular complexity index is 913. The monoisotopic (exact) mass is 418 g/mol. The largest absolute Gasteiger partial charge is 0.466 e. The van der Waals surface area contributed by atoms with Crippen LogP contribution in [0.25, 0.3) is 0 Å². The SMILES string of the molecule is CCCC1=C(C(=O)OC)[C@H](c2c(F)cccc2Cl)NC(=S)N1c1ccccc1. The number of thiocarbonyl (C=S) groups is 1. The zero-order valence-electron chi connectivity index (χ0n) is 15.5. The molecule has 0 aromatic heterocycles. The van der Waals surface area contributed by atoms with Gasteiger partial charge in [-0.2, -0.15) is 0 Å². The molecule has 7 heteroatoms. The Morgan fingerprint density at radius 3 is 2.57 bits per heavy atom. The van der Waals surface area contributed by atoms with Crippen molar-refractivity contribution in [1.82, 2.24) is 5.32 Å². The maximum absolute atomic E-state index is 14.7. The highest BCUT2D eigenvalue weighted by molar-refractivity contribution is 7.80. The molecule has 1 atom stereocenters. The number of allylic oxidation sites excluding steroid dienone is 1. The molecule has 1 aliphatic rings. The molecular weight excluding hydrogens is 399 g/mol. The molecule has 4 nitrogen and oxygen atoms in total. The number of halogens is 2. The lowest BCUT2D eigenvalue weighted by atomic mass is 9.92. The molecule has 2 aromatic rings. The number of carbonyl (C=O) groups is 1. The molecule has 0 saturated heterocycles. The number of nitrogens with zero attached hydrogens (tertiary/aromatic N) is 1. The van der Waals surface area contributed by atoms with E-state index in [9.17, 15) is 9.18 Å². The summed E-state index contributed by atoms with van der Waals surface area (Å²) in [5, 5.41) is 3.67. The molecule has 146 valence electrons. The second kappa shape index (κ2) is 8.71. The van der Waals surface area contributed by atoms with Crippen LogP contribution in [0.15, 0.2) is 59.8 Å². The van der Waals surface area contributed by atoms with Crippen molar-refractivity contribution in [2.75, 3.05) is 12.0 Å². The predicted molar refractivity (Wildman–Crippen MR) is 113 cm³/mol. The number of rotatable bonds is 5. The molecule has 0 bridgehead atoms. The lowest BCUT2D eigenvalue weighted by Gasteiger charge is -2.39. The molecule has 0 spiro atoms. The molecule has 0 radical (unpaired) electrons. The lowest BCUT2D eigenvalue weighted by Crippen LogP contribution is -2.49. The van der Waals surface area contributed by atoms with E-state index in [1.54, 1.807) is 11.0 Å². The van der Waals surface area contributed by atoms with E-state index in [1.165, 1.54) is 19.2 Å². The molecular formula is C21H20ClFN2O2S. The van der Waals surface area contributed by atoms with Gasteiger partial charge in [0.2, 0.25) is 0 Å². The van der Waals surface area contributed by atoms with Crippen molar-refractivity contribution in [2.45, 2.75) is 25.8 Å². The number of nitrogens with one attached hydrogen (secondary N) is 1. The Hall–Kier alpha value is -2.44. The van der Waals surface area contributed by atoms with Crippen LogP contribution < -0.4 is 10.2 Å². The molecule has 1 N–H and O–H groups in total. The first-order valence-electron chi connectivity index (χ1n) is 8.90. The van der Waals surface area contributed by atoms with Crippen molar-refractivity contribution < 1.29 is 13.9 Å². The van der Waals surface area contributed by atoms with Crippen LogP contribution in [0.5, 0.6) is 0 Å². The van der Waals surface area contributed by atoms with E-state index in [-0.39, 0.29) is 10.6 Å². The summed E-state index contributed by atoms with van der Waals surface area (Å²) in [6.07, 6.45) is 1.32. The van der Waals surface area contributed by atoms with Gasteiger partial charge >= 0.3 is 5.97 Å². The zero-order chi connectivity index (χ0) is 20.3. The molecule has 3 rings (SSSR count). The highest BCUT2D eigenvalue weighted by Gasteiger charge is 2.38. The van der Waals surface area contributed by atoms with Crippen LogP contribution >= 0.6 is 23.8 Å². The third-order valence-electron chi connectivity index (χ3n) is 4.54. The van der Waals surface area contributed by atoms with Gasteiger partial charge < -0.3 is 10.1 Å². The van der Waals surface area contributed by atoms with E-state index in [2.05, 4.69) is 5.32 Å². The second-order valence-corrected chi connectivity index (χ2v) is 7.08. The van der Waals surface area contributed by atoms with Crippen molar-refractivity contribution in [3.05, 3.63) is 76.2 Å². The first-order valence-corrected chi connectivity index (χ1v) is 9.69. The second-order valence-electron chi connectivity index (χ2n) is 6.29. The molecule has 0 unspecified atom stereocenters. The van der Waals surface area contributed by atoms with Crippen LogP contribution in [0.2, 0.25) is 5.02 Å². The number of ether oxygens (including phenoxy) is 1. The van der Waals surface area contributed by atoms with Gasteiger partial charge in [0.1, 0.15) is 5.82 Å². The average molecular weight is 419 g/mol. The Kier molecular flexibility index (Phi) is 6.31. The fourth-order valence-corrected chi connectivity index (χ4v) is 3.96. The van der Waals surface area contributed by atoms with Crippen molar-refractivity contribution in [3.8, 4) is 0 Å². The summed E-state index contributed by atoms with van der Waals surface area (Å²) in [6, 6.07) is 13.0. The smallest absolute Gasteiger partial charge is 0.338 e. The fourth-order valence-electron chi connectivity index (χ4n) is 3.35.